The topological polar surface area (TPSA) is 77.0 Å². The van der Waals surface area contributed by atoms with Gasteiger partial charge >= 0.3 is 0 Å². The second-order valence-corrected chi connectivity index (χ2v) is 6.21. The lowest BCUT2D eigenvalue weighted by Crippen LogP contribution is -2.23. The highest BCUT2D eigenvalue weighted by molar-refractivity contribution is 7.08. The molecule has 1 aromatic carbocycles. The number of rotatable bonds is 6. The summed E-state index contributed by atoms with van der Waals surface area (Å²) in [5.74, 6) is 6.29. The second-order valence-electron chi connectivity index (χ2n) is 5.45. The van der Waals surface area contributed by atoms with Crippen molar-refractivity contribution in [3.05, 3.63) is 47.1 Å². The van der Waals surface area contributed by atoms with E-state index in [-0.39, 0.29) is 19.1 Å². The van der Waals surface area contributed by atoms with Gasteiger partial charge in [0.2, 0.25) is 0 Å². The van der Waals surface area contributed by atoms with Crippen LogP contribution in [0.3, 0.4) is 0 Å². The maximum absolute atomic E-state index is 12.1. The highest BCUT2D eigenvalue weighted by Gasteiger charge is 2.14. The molecule has 0 fully saturated rings. The zero-order valence-corrected chi connectivity index (χ0v) is 15.2. The molecule has 0 saturated carbocycles. The molecule has 2 heterocycles. The fourth-order valence-electron chi connectivity index (χ4n) is 2.41. The number of carbonyl (C=O) groups is 1. The summed E-state index contributed by atoms with van der Waals surface area (Å²) in [4.78, 5) is 17.0. The number of hydrogen-bond acceptors (Lipinski definition) is 6. The average molecular weight is 366 g/mol. The fourth-order valence-corrected chi connectivity index (χ4v) is 3.03. The lowest BCUT2D eigenvalue weighted by molar-refractivity contribution is 0.0961. The van der Waals surface area contributed by atoms with E-state index >= 15 is 0 Å². The number of fused-ring (bicyclic) bond motifs is 1. The molecule has 0 unspecified atom stereocenters. The Bertz CT molecular complexity index is 953. The second kappa shape index (κ2) is 8.92. The van der Waals surface area contributed by atoms with Gasteiger partial charge in [-0.3, -0.25) is 9.78 Å². The molecule has 26 heavy (non-hydrogen) atoms. The van der Waals surface area contributed by atoms with Gasteiger partial charge in [-0.25, -0.2) is 0 Å². The molecular formula is C19H18N4O2S. The Labute approximate surface area is 155 Å². The highest BCUT2D eigenvalue weighted by atomic mass is 32.1. The summed E-state index contributed by atoms with van der Waals surface area (Å²) >= 11 is 1.11. The van der Waals surface area contributed by atoms with Gasteiger partial charge in [-0.2, -0.15) is 0 Å². The molecule has 0 spiro atoms. The lowest BCUT2D eigenvalue weighted by Gasteiger charge is -2.05. The van der Waals surface area contributed by atoms with E-state index in [1.807, 2.05) is 37.3 Å². The summed E-state index contributed by atoms with van der Waals surface area (Å²) in [7, 11) is 0. The number of pyridine rings is 1. The SMILES string of the molecule is CCCc1nnsc1C(=O)NCC#CCOc1cccc2cccnc12. The Morgan fingerprint density at radius 1 is 1.27 bits per heavy atom. The Balaban J connectivity index is 1.50. The Kier molecular flexibility index (Phi) is 6.12. The van der Waals surface area contributed by atoms with E-state index < -0.39 is 0 Å². The first-order chi connectivity index (χ1) is 12.8. The van der Waals surface area contributed by atoms with Crippen molar-refractivity contribution in [3.63, 3.8) is 0 Å². The van der Waals surface area contributed by atoms with E-state index in [1.54, 1.807) is 6.20 Å². The summed E-state index contributed by atoms with van der Waals surface area (Å²) in [5.41, 5.74) is 1.56. The first kappa shape index (κ1) is 17.8. The monoisotopic (exact) mass is 366 g/mol. The van der Waals surface area contributed by atoms with Crippen molar-refractivity contribution in [2.45, 2.75) is 19.8 Å². The summed E-state index contributed by atoms with van der Waals surface area (Å²) in [6, 6.07) is 9.64. The van der Waals surface area contributed by atoms with Crippen molar-refractivity contribution in [3.8, 4) is 17.6 Å². The third kappa shape index (κ3) is 4.35. The van der Waals surface area contributed by atoms with Crippen LogP contribution in [0, 0.1) is 11.8 Å². The number of nitrogens with zero attached hydrogens (tertiary/aromatic N) is 3. The van der Waals surface area contributed by atoms with Gasteiger partial charge < -0.3 is 10.1 Å². The van der Waals surface area contributed by atoms with E-state index in [0.717, 1.165) is 41.0 Å². The molecule has 6 nitrogen and oxygen atoms in total. The molecule has 0 aliphatic heterocycles. The number of hydrogen-bond donors (Lipinski definition) is 1. The minimum atomic E-state index is -0.183. The highest BCUT2D eigenvalue weighted by Crippen LogP contribution is 2.22. The van der Waals surface area contributed by atoms with Crippen molar-refractivity contribution < 1.29 is 9.53 Å². The molecule has 7 heteroatoms. The van der Waals surface area contributed by atoms with Crippen molar-refractivity contribution in [2.24, 2.45) is 0 Å². The summed E-state index contributed by atoms with van der Waals surface area (Å²) in [6.07, 6.45) is 3.40. The Hall–Kier alpha value is -2.98. The van der Waals surface area contributed by atoms with E-state index in [9.17, 15) is 4.79 Å². The number of aryl methyl sites for hydroxylation is 1. The molecular weight excluding hydrogens is 348 g/mol. The number of amides is 1. The van der Waals surface area contributed by atoms with Crippen molar-refractivity contribution in [1.29, 1.82) is 0 Å². The Morgan fingerprint density at radius 3 is 3.04 bits per heavy atom. The minimum absolute atomic E-state index is 0.183. The molecule has 0 saturated heterocycles. The van der Waals surface area contributed by atoms with Gasteiger partial charge in [-0.1, -0.05) is 47.9 Å². The molecule has 0 aliphatic carbocycles. The van der Waals surface area contributed by atoms with Crippen LogP contribution < -0.4 is 10.1 Å². The van der Waals surface area contributed by atoms with Crippen LogP contribution in [0.2, 0.25) is 0 Å². The number of ether oxygens (including phenoxy) is 1. The van der Waals surface area contributed by atoms with Crippen LogP contribution in [0.15, 0.2) is 36.5 Å². The average Bonchev–Trinajstić information content (AvgIpc) is 3.13. The number of nitrogens with one attached hydrogen (secondary N) is 1. The van der Waals surface area contributed by atoms with Crippen LogP contribution in [0.1, 0.15) is 28.7 Å². The quantitative estimate of drug-likeness (QED) is 0.679. The number of carbonyl (C=O) groups excluding carboxylic acids is 1. The molecule has 3 rings (SSSR count). The molecule has 3 aromatic rings. The van der Waals surface area contributed by atoms with Gasteiger partial charge in [0.15, 0.2) is 0 Å². The van der Waals surface area contributed by atoms with E-state index in [4.69, 9.17) is 4.74 Å². The fraction of sp³-hybridized carbons (Fsp3) is 0.263. The van der Waals surface area contributed by atoms with Crippen molar-refractivity contribution >= 4 is 28.3 Å². The van der Waals surface area contributed by atoms with E-state index in [0.29, 0.717) is 10.6 Å². The number of para-hydroxylation sites is 1. The summed E-state index contributed by atoms with van der Waals surface area (Å²) < 4.78 is 9.53. The Morgan fingerprint density at radius 2 is 2.15 bits per heavy atom. The van der Waals surface area contributed by atoms with Gasteiger partial charge in [0.25, 0.3) is 5.91 Å². The molecule has 132 valence electrons. The van der Waals surface area contributed by atoms with Gasteiger partial charge in [0.05, 0.1) is 12.2 Å². The van der Waals surface area contributed by atoms with Gasteiger partial charge in [0, 0.05) is 11.6 Å². The molecule has 0 bridgehead atoms. The number of benzene rings is 1. The minimum Gasteiger partial charge on any atom is -0.479 e. The maximum atomic E-state index is 12.1. The summed E-state index contributed by atoms with van der Waals surface area (Å²) in [5, 5.41) is 7.77. The molecule has 0 radical (unpaired) electrons. The smallest absolute Gasteiger partial charge is 0.265 e. The normalized spacial score (nSPS) is 10.2. The van der Waals surface area contributed by atoms with Crippen LogP contribution in [0.5, 0.6) is 5.75 Å². The van der Waals surface area contributed by atoms with Gasteiger partial charge in [0.1, 0.15) is 22.8 Å². The van der Waals surface area contributed by atoms with Gasteiger partial charge in [-0.15, -0.1) is 5.10 Å². The van der Waals surface area contributed by atoms with Crippen molar-refractivity contribution in [2.75, 3.05) is 13.2 Å². The maximum Gasteiger partial charge on any atom is 0.265 e. The third-order valence-corrected chi connectivity index (χ3v) is 4.37. The first-order valence-corrected chi connectivity index (χ1v) is 9.08. The molecule has 0 atom stereocenters. The zero-order valence-electron chi connectivity index (χ0n) is 14.4. The van der Waals surface area contributed by atoms with E-state index in [1.165, 1.54) is 0 Å². The predicted octanol–water partition coefficient (Wildman–Crippen LogP) is 2.85. The predicted molar refractivity (Wildman–Crippen MR) is 101 cm³/mol. The zero-order chi connectivity index (χ0) is 18.2. The van der Waals surface area contributed by atoms with Crippen LogP contribution >= 0.6 is 11.5 Å². The summed E-state index contributed by atoms with van der Waals surface area (Å²) in [6.45, 7) is 2.52. The van der Waals surface area contributed by atoms with E-state index in [2.05, 4.69) is 31.7 Å². The number of aromatic nitrogens is 3. The largest absolute Gasteiger partial charge is 0.479 e. The van der Waals surface area contributed by atoms with Crippen LogP contribution in [0.25, 0.3) is 10.9 Å². The third-order valence-electron chi connectivity index (χ3n) is 3.61. The molecule has 0 aliphatic rings. The first-order valence-electron chi connectivity index (χ1n) is 8.31. The standard InChI is InChI=1S/C19H18N4O2S/c1-2-7-15-18(26-23-22-15)19(24)21-11-3-4-13-25-16-10-5-8-14-9-6-12-20-17(14)16/h5-6,8-10,12H,2,7,11,13H2,1H3,(H,21,24). The lowest BCUT2D eigenvalue weighted by atomic mass is 10.2. The van der Waals surface area contributed by atoms with Crippen LogP contribution in [-0.2, 0) is 6.42 Å². The van der Waals surface area contributed by atoms with Crippen LogP contribution in [0.4, 0.5) is 0 Å². The molecule has 1 N–H and O–H groups in total. The van der Waals surface area contributed by atoms with Crippen molar-refractivity contribution in [1.82, 2.24) is 19.9 Å². The van der Waals surface area contributed by atoms with Gasteiger partial charge in [-0.05, 0) is 30.1 Å². The molecule has 1 amide bonds. The molecule has 2 aromatic heterocycles. The van der Waals surface area contributed by atoms with Crippen LogP contribution in [-0.4, -0.2) is 33.6 Å².